The molecule has 0 N–H and O–H groups in total. The standard InChI is InChI=1S/C6H11.C2H5.Al.ClH/c1-2-4-6-5-3-1;1-2;;/h1H,2-6H2;1H2,2H3;;1H. The van der Waals surface area contributed by atoms with E-state index in [-0.39, 0.29) is 12.4 Å². The van der Waals surface area contributed by atoms with Crippen LogP contribution < -0.4 is 0 Å². The zero-order valence-electron chi connectivity index (χ0n) is 6.81. The molecule has 0 nitrogen and oxygen atoms in total. The minimum absolute atomic E-state index is 0. The molecule has 0 aromatic carbocycles. The van der Waals surface area contributed by atoms with E-state index in [4.69, 9.17) is 0 Å². The van der Waals surface area contributed by atoms with Crippen molar-refractivity contribution in [3.8, 4) is 0 Å². The molecule has 1 aliphatic carbocycles. The normalized spacial score (nSPS) is 19.7. The molecule has 0 amide bonds. The summed E-state index contributed by atoms with van der Waals surface area (Å²) in [5, 5.41) is 1.48. The molecule has 10 heavy (non-hydrogen) atoms. The first kappa shape index (κ1) is 10.8. The van der Waals surface area contributed by atoms with Gasteiger partial charge >= 0.3 is 0 Å². The molecule has 1 fully saturated rings. The Hall–Kier alpha value is 0.822. The molecule has 1 radical (unpaired) electrons. The van der Waals surface area contributed by atoms with Crippen LogP contribution in [0.4, 0.5) is 0 Å². The first-order chi connectivity index (χ1) is 4.43. The average Bonchev–Trinajstić information content (AvgIpc) is 1.91. The van der Waals surface area contributed by atoms with E-state index < -0.39 is 0 Å². The number of rotatable bonds is 2. The third-order valence-electron chi connectivity index (χ3n) is 2.22. The van der Waals surface area contributed by atoms with E-state index in [0.29, 0.717) is 0 Å². The lowest BCUT2D eigenvalue weighted by Gasteiger charge is -2.19. The Kier molecular flexibility index (Phi) is 7.06. The van der Waals surface area contributed by atoms with Gasteiger partial charge in [0.2, 0.25) is 15.2 Å². The second-order valence-corrected chi connectivity index (χ2v) is 5.27. The van der Waals surface area contributed by atoms with Crippen molar-refractivity contribution in [2.45, 2.75) is 49.1 Å². The Labute approximate surface area is 76.9 Å². The molecule has 2 heteroatoms. The van der Waals surface area contributed by atoms with E-state index in [1.807, 2.05) is 0 Å². The summed E-state index contributed by atoms with van der Waals surface area (Å²) in [6, 6.07) is 0. The van der Waals surface area contributed by atoms with Crippen molar-refractivity contribution in [2.75, 3.05) is 0 Å². The largest absolute Gasteiger partial charge is 0.204 e. The van der Waals surface area contributed by atoms with Crippen LogP contribution in [-0.4, -0.2) is 15.2 Å². The predicted octanol–water partition coefficient (Wildman–Crippen LogP) is 3.30. The second kappa shape index (κ2) is 6.53. The van der Waals surface area contributed by atoms with Crippen molar-refractivity contribution in [3.63, 3.8) is 0 Å². The molecule has 0 heterocycles. The van der Waals surface area contributed by atoms with E-state index in [1.165, 1.54) is 29.3 Å². The molecule has 1 saturated carbocycles. The van der Waals surface area contributed by atoms with Gasteiger partial charge in [0.1, 0.15) is 0 Å². The second-order valence-electron chi connectivity index (χ2n) is 3.04. The predicted molar refractivity (Wildman–Crippen MR) is 50.3 cm³/mol. The van der Waals surface area contributed by atoms with Gasteiger partial charge in [0.15, 0.2) is 0 Å². The van der Waals surface area contributed by atoms with Crippen LogP contribution in [0.5, 0.6) is 0 Å². The van der Waals surface area contributed by atoms with Crippen molar-refractivity contribution in [1.29, 1.82) is 0 Å². The Bertz CT molecular complexity index is 66.9. The lowest BCUT2D eigenvalue weighted by Crippen LogP contribution is -2.06. The fourth-order valence-corrected chi connectivity index (χ4v) is 3.31. The molecule has 0 unspecified atom stereocenters. The fourth-order valence-electron chi connectivity index (χ4n) is 1.70. The van der Waals surface area contributed by atoms with E-state index in [2.05, 4.69) is 6.92 Å². The Morgan fingerprint density at radius 1 is 1.20 bits per heavy atom. The maximum absolute atomic E-state index is 2.34. The summed E-state index contributed by atoms with van der Waals surface area (Å²) in [7, 11) is 0. The highest BCUT2D eigenvalue weighted by Gasteiger charge is 2.12. The van der Waals surface area contributed by atoms with Crippen LogP contribution in [0, 0.1) is 0 Å². The summed E-state index contributed by atoms with van der Waals surface area (Å²) < 4.78 is 1.18. The van der Waals surface area contributed by atoms with Crippen molar-refractivity contribution in [1.82, 2.24) is 0 Å². The van der Waals surface area contributed by atoms with Crippen LogP contribution in [0.25, 0.3) is 0 Å². The summed E-state index contributed by atoms with van der Waals surface area (Å²) in [5.74, 6) is 0. The van der Waals surface area contributed by atoms with E-state index in [1.54, 1.807) is 12.8 Å². The zero-order chi connectivity index (χ0) is 6.53. The van der Waals surface area contributed by atoms with Crippen LogP contribution in [0.15, 0.2) is 0 Å². The molecule has 0 aromatic heterocycles. The third kappa shape index (κ3) is 3.86. The molecule has 0 saturated heterocycles. The lowest BCUT2D eigenvalue weighted by atomic mass is 10.0. The van der Waals surface area contributed by atoms with Gasteiger partial charge in [0.25, 0.3) is 0 Å². The maximum atomic E-state index is 2.34. The van der Waals surface area contributed by atoms with Crippen molar-refractivity contribution in [2.24, 2.45) is 0 Å². The molecule has 1 aliphatic rings. The summed E-state index contributed by atoms with van der Waals surface area (Å²) in [5.41, 5.74) is 0. The Morgan fingerprint density at radius 2 is 1.80 bits per heavy atom. The van der Waals surface area contributed by atoms with Crippen molar-refractivity contribution in [3.05, 3.63) is 0 Å². The quantitative estimate of drug-likeness (QED) is 0.565. The highest BCUT2D eigenvalue weighted by Crippen LogP contribution is 2.27. The Balaban J connectivity index is 0.000000810. The van der Waals surface area contributed by atoms with Crippen LogP contribution in [0.1, 0.15) is 39.0 Å². The average molecular weight is 176 g/mol. The SMILES string of the molecule is C[CH2][Al][CH]1CCCCC1.Cl. The van der Waals surface area contributed by atoms with Crippen LogP contribution in [0.2, 0.25) is 10.1 Å². The van der Waals surface area contributed by atoms with Crippen LogP contribution in [0.3, 0.4) is 0 Å². The molecular weight excluding hydrogens is 159 g/mol. The van der Waals surface area contributed by atoms with E-state index >= 15 is 0 Å². The van der Waals surface area contributed by atoms with Gasteiger partial charge in [-0.15, -0.1) is 17.7 Å². The highest BCUT2D eigenvalue weighted by molar-refractivity contribution is 6.37. The molecule has 0 bridgehead atoms. The van der Waals surface area contributed by atoms with Gasteiger partial charge in [-0.05, 0) is 0 Å². The zero-order valence-corrected chi connectivity index (χ0v) is 8.78. The van der Waals surface area contributed by atoms with Gasteiger partial charge in [-0.25, -0.2) is 0 Å². The number of hydrogen-bond donors (Lipinski definition) is 0. The molecule has 0 atom stereocenters. The molecule has 0 spiro atoms. The molecule has 59 valence electrons. The summed E-state index contributed by atoms with van der Waals surface area (Å²) in [6.07, 6.45) is 7.68. The highest BCUT2D eigenvalue weighted by atomic mass is 35.5. The van der Waals surface area contributed by atoms with Gasteiger partial charge in [-0.3, -0.25) is 0 Å². The van der Waals surface area contributed by atoms with Crippen LogP contribution in [-0.2, 0) is 0 Å². The van der Waals surface area contributed by atoms with E-state index in [9.17, 15) is 0 Å². The topological polar surface area (TPSA) is 0 Å². The minimum atomic E-state index is 0. The molecule has 1 rings (SSSR count). The summed E-state index contributed by atoms with van der Waals surface area (Å²) >= 11 is 0.820. The minimum Gasteiger partial charge on any atom is -0.147 e. The van der Waals surface area contributed by atoms with Gasteiger partial charge in [-0.1, -0.05) is 43.8 Å². The maximum Gasteiger partial charge on any atom is 0.204 e. The molecule has 0 aliphatic heterocycles. The van der Waals surface area contributed by atoms with Gasteiger partial charge in [0, 0.05) is 0 Å². The van der Waals surface area contributed by atoms with Gasteiger partial charge < -0.3 is 0 Å². The third-order valence-corrected chi connectivity index (χ3v) is 4.02. The first-order valence-corrected chi connectivity index (χ1v) is 5.75. The van der Waals surface area contributed by atoms with Gasteiger partial charge in [0.05, 0.1) is 0 Å². The smallest absolute Gasteiger partial charge is 0.147 e. The monoisotopic (exact) mass is 175 g/mol. The van der Waals surface area contributed by atoms with Crippen molar-refractivity contribution < 1.29 is 0 Å². The fraction of sp³-hybridized carbons (Fsp3) is 1.00. The number of halogens is 1. The first-order valence-electron chi connectivity index (χ1n) is 4.27. The van der Waals surface area contributed by atoms with E-state index in [0.717, 1.165) is 15.2 Å². The lowest BCUT2D eigenvalue weighted by molar-refractivity contribution is 0.500. The van der Waals surface area contributed by atoms with Gasteiger partial charge in [-0.2, -0.15) is 0 Å². The molecule has 0 aromatic rings. The van der Waals surface area contributed by atoms with Crippen molar-refractivity contribution >= 4 is 27.6 Å². The summed E-state index contributed by atoms with van der Waals surface area (Å²) in [6.45, 7) is 2.34. The molecular formula is C8H17AlCl. The van der Waals surface area contributed by atoms with Crippen LogP contribution >= 0.6 is 12.4 Å². The summed E-state index contributed by atoms with van der Waals surface area (Å²) in [4.78, 5) is 0. The number of hydrogen-bond acceptors (Lipinski definition) is 0. The Morgan fingerprint density at radius 3 is 2.30 bits per heavy atom.